The summed E-state index contributed by atoms with van der Waals surface area (Å²) in [7, 11) is 0. The lowest BCUT2D eigenvalue weighted by Gasteiger charge is -2.43. The van der Waals surface area contributed by atoms with Gasteiger partial charge in [-0.3, -0.25) is 19.7 Å². The van der Waals surface area contributed by atoms with Gasteiger partial charge < -0.3 is 21.3 Å². The van der Waals surface area contributed by atoms with E-state index in [1.165, 1.54) is 0 Å². The molecule has 3 amide bonds. The van der Waals surface area contributed by atoms with Gasteiger partial charge in [-0.15, -0.1) is 0 Å². The number of aryl methyl sites for hydroxylation is 3. The van der Waals surface area contributed by atoms with E-state index < -0.39 is 24.3 Å². The van der Waals surface area contributed by atoms with Gasteiger partial charge in [0.1, 0.15) is 0 Å². The summed E-state index contributed by atoms with van der Waals surface area (Å²) in [5, 5.41) is 15.0. The predicted octanol–water partition coefficient (Wildman–Crippen LogP) is 1.74. The number of benzene rings is 2. The molecule has 8 heteroatoms. The van der Waals surface area contributed by atoms with Crippen LogP contribution in [0.3, 0.4) is 0 Å². The molecular formula is C23H27N5O3. The molecule has 31 heavy (non-hydrogen) atoms. The van der Waals surface area contributed by atoms with Gasteiger partial charge >= 0.3 is 0 Å². The lowest BCUT2D eigenvalue weighted by atomic mass is 9.81. The van der Waals surface area contributed by atoms with Gasteiger partial charge in [-0.1, -0.05) is 29.8 Å². The average molecular weight is 422 g/mol. The van der Waals surface area contributed by atoms with Gasteiger partial charge in [-0.05, 0) is 50.1 Å². The first kappa shape index (κ1) is 20.9. The van der Waals surface area contributed by atoms with Crippen LogP contribution in [-0.2, 0) is 14.4 Å². The van der Waals surface area contributed by atoms with Crippen LogP contribution in [0.5, 0.6) is 0 Å². The third kappa shape index (κ3) is 4.54. The van der Waals surface area contributed by atoms with Crippen LogP contribution in [0.25, 0.3) is 0 Å². The Bertz CT molecular complexity index is 1020. The Hall–Kier alpha value is -3.39. The molecular weight excluding hydrogens is 394 g/mol. The van der Waals surface area contributed by atoms with Crippen molar-refractivity contribution < 1.29 is 14.4 Å². The fourth-order valence-corrected chi connectivity index (χ4v) is 4.07. The van der Waals surface area contributed by atoms with E-state index in [4.69, 9.17) is 0 Å². The molecule has 2 aliphatic rings. The fraction of sp³-hybridized carbons (Fsp3) is 0.348. The maximum absolute atomic E-state index is 13.1. The second-order valence-electron chi connectivity index (χ2n) is 8.31. The first-order valence-electron chi connectivity index (χ1n) is 10.4. The van der Waals surface area contributed by atoms with Crippen molar-refractivity contribution in [2.75, 3.05) is 10.6 Å². The average Bonchev–Trinajstić information content (AvgIpc) is 2.71. The highest BCUT2D eigenvalue weighted by molar-refractivity contribution is 6.00. The van der Waals surface area contributed by atoms with Crippen molar-refractivity contribution in [2.45, 2.75) is 39.6 Å². The van der Waals surface area contributed by atoms with Crippen molar-refractivity contribution in [2.24, 2.45) is 11.8 Å². The van der Waals surface area contributed by atoms with Gasteiger partial charge in [0.25, 0.3) is 0 Å². The van der Waals surface area contributed by atoms with Crippen LogP contribution in [0.4, 0.5) is 11.4 Å². The first-order valence-corrected chi connectivity index (χ1v) is 10.4. The highest BCUT2D eigenvalue weighted by Gasteiger charge is 2.48. The lowest BCUT2D eigenvalue weighted by Crippen LogP contribution is -2.72. The van der Waals surface area contributed by atoms with Gasteiger partial charge in [-0.25, -0.2) is 0 Å². The Balaban J connectivity index is 1.49. The van der Waals surface area contributed by atoms with Crippen LogP contribution in [0.15, 0.2) is 42.5 Å². The monoisotopic (exact) mass is 421 g/mol. The standard InChI is InChI=1S/C23H27N5O3/c1-12-5-8-15(9-6-12)24-23-27-20-19(22(31)28-23)16(11-18(29)26-20)21(30)25-17-10-13(2)4-7-14(17)3/h4-10,16,19-20,23-24,27H,11H2,1-3H3,(H,25,30)(H,26,29)(H,28,31). The number of anilines is 2. The summed E-state index contributed by atoms with van der Waals surface area (Å²) in [6, 6.07) is 13.5. The van der Waals surface area contributed by atoms with Crippen LogP contribution in [0.2, 0.25) is 0 Å². The van der Waals surface area contributed by atoms with Crippen molar-refractivity contribution in [3.63, 3.8) is 0 Å². The molecule has 0 spiro atoms. The minimum Gasteiger partial charge on any atom is -0.353 e. The van der Waals surface area contributed by atoms with Crippen molar-refractivity contribution in [3.8, 4) is 0 Å². The second-order valence-corrected chi connectivity index (χ2v) is 8.31. The normalized spacial score (nSPS) is 25.1. The Morgan fingerprint density at radius 1 is 0.968 bits per heavy atom. The zero-order valence-electron chi connectivity index (χ0n) is 17.8. The van der Waals surface area contributed by atoms with E-state index in [-0.39, 0.29) is 24.1 Å². The topological polar surface area (TPSA) is 111 Å². The molecule has 4 rings (SSSR count). The van der Waals surface area contributed by atoms with Crippen molar-refractivity contribution in [1.82, 2.24) is 16.0 Å². The number of nitrogens with one attached hydrogen (secondary N) is 5. The molecule has 2 fully saturated rings. The van der Waals surface area contributed by atoms with Crippen LogP contribution in [0, 0.1) is 32.6 Å². The Kier molecular flexibility index (Phi) is 5.65. The zero-order valence-corrected chi connectivity index (χ0v) is 17.8. The van der Waals surface area contributed by atoms with Gasteiger partial charge in [0.15, 0.2) is 6.29 Å². The number of hydrogen-bond acceptors (Lipinski definition) is 5. The number of piperidine rings is 1. The fourth-order valence-electron chi connectivity index (χ4n) is 4.07. The SMILES string of the molecule is Cc1ccc(NC2NC(=O)C3C(NC(=O)CC3C(=O)Nc3cc(C)ccc3C)N2)cc1. The van der Waals surface area contributed by atoms with Crippen molar-refractivity contribution in [1.29, 1.82) is 0 Å². The molecule has 0 saturated carbocycles. The van der Waals surface area contributed by atoms with Crippen molar-refractivity contribution in [3.05, 3.63) is 59.2 Å². The Labute approximate surface area is 181 Å². The van der Waals surface area contributed by atoms with Gasteiger partial charge in [0.2, 0.25) is 17.7 Å². The predicted molar refractivity (Wildman–Crippen MR) is 118 cm³/mol. The van der Waals surface area contributed by atoms with E-state index in [0.717, 1.165) is 22.4 Å². The molecule has 4 atom stereocenters. The second kappa shape index (κ2) is 8.39. The number of carbonyl (C=O) groups is 3. The molecule has 0 aromatic heterocycles. The lowest BCUT2D eigenvalue weighted by molar-refractivity contribution is -0.144. The van der Waals surface area contributed by atoms with E-state index in [1.807, 2.05) is 63.2 Å². The Morgan fingerprint density at radius 3 is 2.42 bits per heavy atom. The van der Waals surface area contributed by atoms with E-state index in [9.17, 15) is 14.4 Å². The van der Waals surface area contributed by atoms with Crippen LogP contribution < -0.4 is 26.6 Å². The summed E-state index contributed by atoms with van der Waals surface area (Å²) < 4.78 is 0. The maximum Gasteiger partial charge on any atom is 0.229 e. The number of hydrogen-bond donors (Lipinski definition) is 5. The molecule has 2 saturated heterocycles. The molecule has 0 bridgehead atoms. The third-order valence-corrected chi connectivity index (χ3v) is 5.80. The van der Waals surface area contributed by atoms with Crippen LogP contribution >= 0.6 is 0 Å². The van der Waals surface area contributed by atoms with Gasteiger partial charge in [0, 0.05) is 17.8 Å². The number of amides is 3. The molecule has 2 heterocycles. The molecule has 2 aromatic rings. The summed E-state index contributed by atoms with van der Waals surface area (Å²) in [4.78, 5) is 38.4. The first-order chi connectivity index (χ1) is 14.8. The molecule has 5 N–H and O–H groups in total. The van der Waals surface area contributed by atoms with Crippen molar-refractivity contribution >= 4 is 29.1 Å². The van der Waals surface area contributed by atoms with Gasteiger partial charge in [-0.2, -0.15) is 0 Å². The minimum atomic E-state index is -0.772. The molecule has 0 aliphatic carbocycles. The highest BCUT2D eigenvalue weighted by atomic mass is 16.2. The molecule has 4 unspecified atom stereocenters. The molecule has 162 valence electrons. The molecule has 2 aromatic carbocycles. The van der Waals surface area contributed by atoms with E-state index in [0.29, 0.717) is 5.69 Å². The molecule has 8 nitrogen and oxygen atoms in total. The number of fused-ring (bicyclic) bond motifs is 1. The van der Waals surface area contributed by atoms with Gasteiger partial charge in [0.05, 0.1) is 18.0 Å². The highest BCUT2D eigenvalue weighted by Crippen LogP contribution is 2.28. The van der Waals surface area contributed by atoms with Crippen LogP contribution in [0.1, 0.15) is 23.1 Å². The maximum atomic E-state index is 13.1. The van der Waals surface area contributed by atoms with E-state index >= 15 is 0 Å². The summed E-state index contributed by atoms with van der Waals surface area (Å²) in [6.45, 7) is 5.84. The molecule has 2 aliphatic heterocycles. The van der Waals surface area contributed by atoms with Crippen LogP contribution in [-0.4, -0.2) is 30.2 Å². The van der Waals surface area contributed by atoms with E-state index in [2.05, 4.69) is 26.6 Å². The number of carbonyl (C=O) groups excluding carboxylic acids is 3. The molecule has 0 radical (unpaired) electrons. The Morgan fingerprint density at radius 2 is 1.68 bits per heavy atom. The zero-order chi connectivity index (χ0) is 22.1. The summed E-state index contributed by atoms with van der Waals surface area (Å²) in [5.41, 5.74) is 4.58. The number of rotatable bonds is 4. The largest absolute Gasteiger partial charge is 0.353 e. The third-order valence-electron chi connectivity index (χ3n) is 5.80. The summed E-state index contributed by atoms with van der Waals surface area (Å²) >= 11 is 0. The minimum absolute atomic E-state index is 0.0387. The van der Waals surface area contributed by atoms with E-state index in [1.54, 1.807) is 0 Å². The quantitative estimate of drug-likeness (QED) is 0.516. The summed E-state index contributed by atoms with van der Waals surface area (Å²) in [5.74, 6) is -2.36. The summed E-state index contributed by atoms with van der Waals surface area (Å²) in [6.07, 6.45) is -1.26. The smallest absolute Gasteiger partial charge is 0.229 e.